The van der Waals surface area contributed by atoms with Crippen LogP contribution in [0.4, 0.5) is 5.69 Å². The molecular formula is C21H22N4O4. The summed E-state index contributed by atoms with van der Waals surface area (Å²) in [4.78, 5) is 26.0. The number of para-hydroxylation sites is 1. The van der Waals surface area contributed by atoms with Crippen molar-refractivity contribution >= 4 is 28.7 Å². The van der Waals surface area contributed by atoms with E-state index < -0.39 is 10.8 Å². The van der Waals surface area contributed by atoms with Crippen LogP contribution in [0.5, 0.6) is 5.75 Å². The van der Waals surface area contributed by atoms with Crippen LogP contribution in [-0.2, 0) is 0 Å². The number of nitrogens with zero attached hydrogens (tertiary/aromatic N) is 2. The first-order valence-electron chi connectivity index (χ1n) is 9.33. The van der Waals surface area contributed by atoms with Gasteiger partial charge in [-0.25, -0.2) is 5.43 Å². The molecule has 150 valence electrons. The molecule has 0 saturated heterocycles. The van der Waals surface area contributed by atoms with Gasteiger partial charge >= 0.3 is 0 Å². The lowest BCUT2D eigenvalue weighted by Gasteiger charge is -2.04. The summed E-state index contributed by atoms with van der Waals surface area (Å²) in [7, 11) is 0. The molecule has 0 unspecified atom stereocenters. The van der Waals surface area contributed by atoms with Crippen LogP contribution < -0.4 is 10.2 Å². The first-order chi connectivity index (χ1) is 14.0. The maximum absolute atomic E-state index is 12.5. The predicted octanol–water partition coefficient (Wildman–Crippen LogP) is 4.33. The highest BCUT2D eigenvalue weighted by atomic mass is 16.6. The van der Waals surface area contributed by atoms with Crippen molar-refractivity contribution in [2.24, 2.45) is 5.10 Å². The number of nitro benzene ring substituents is 1. The van der Waals surface area contributed by atoms with E-state index in [9.17, 15) is 14.9 Å². The number of aromatic nitrogens is 1. The lowest BCUT2D eigenvalue weighted by atomic mass is 10.1. The van der Waals surface area contributed by atoms with Gasteiger partial charge in [-0.1, -0.05) is 25.5 Å². The van der Waals surface area contributed by atoms with Crippen molar-refractivity contribution in [3.05, 3.63) is 69.4 Å². The minimum atomic E-state index is -0.478. The summed E-state index contributed by atoms with van der Waals surface area (Å²) < 4.78 is 5.60. The minimum Gasteiger partial charge on any atom is -0.494 e. The molecule has 2 aromatic carbocycles. The monoisotopic (exact) mass is 394 g/mol. The number of H-pyrrole nitrogens is 1. The van der Waals surface area contributed by atoms with Crippen molar-refractivity contribution in [2.75, 3.05) is 6.61 Å². The van der Waals surface area contributed by atoms with Gasteiger partial charge in [-0.3, -0.25) is 14.9 Å². The van der Waals surface area contributed by atoms with E-state index >= 15 is 0 Å². The SMILES string of the molecule is CCCCOc1ccc(/C=N\NC(=O)c2[nH]c3c([N+](=O)[O-])cccc3c2C)cc1. The number of unbranched alkanes of at least 4 members (excludes halogenated alkanes) is 1. The molecule has 0 aliphatic heterocycles. The molecule has 0 radical (unpaired) electrons. The number of carbonyl (C=O) groups excluding carboxylic acids is 1. The second-order valence-electron chi connectivity index (χ2n) is 6.55. The Bertz CT molecular complexity index is 1050. The van der Waals surface area contributed by atoms with Crippen molar-refractivity contribution in [1.29, 1.82) is 0 Å². The predicted molar refractivity (Wildman–Crippen MR) is 112 cm³/mol. The number of benzene rings is 2. The molecule has 3 rings (SSSR count). The Kier molecular flexibility index (Phi) is 6.23. The van der Waals surface area contributed by atoms with Crippen LogP contribution >= 0.6 is 0 Å². The van der Waals surface area contributed by atoms with Gasteiger partial charge < -0.3 is 9.72 Å². The van der Waals surface area contributed by atoms with Crippen molar-refractivity contribution in [3.63, 3.8) is 0 Å². The highest BCUT2D eigenvalue weighted by molar-refractivity contribution is 6.03. The van der Waals surface area contributed by atoms with Gasteiger partial charge in [-0.05, 0) is 48.7 Å². The van der Waals surface area contributed by atoms with Gasteiger partial charge in [0.1, 0.15) is 17.0 Å². The minimum absolute atomic E-state index is 0.0746. The molecule has 8 nitrogen and oxygen atoms in total. The standard InChI is InChI=1S/C21H22N4O4/c1-3-4-12-29-16-10-8-15(9-11-16)13-22-24-21(26)19-14(2)17-6-5-7-18(25(27)28)20(17)23-19/h5-11,13,23H,3-4,12H2,1-2H3,(H,24,26)/b22-13-. The van der Waals surface area contributed by atoms with Crippen molar-refractivity contribution in [3.8, 4) is 5.75 Å². The Morgan fingerprint density at radius 1 is 1.28 bits per heavy atom. The van der Waals surface area contributed by atoms with Gasteiger partial charge in [0.2, 0.25) is 0 Å². The molecule has 0 aliphatic carbocycles. The molecule has 3 aromatic rings. The van der Waals surface area contributed by atoms with Gasteiger partial charge in [-0.2, -0.15) is 5.10 Å². The Hall–Kier alpha value is -3.68. The average Bonchev–Trinajstić information content (AvgIpc) is 3.06. The zero-order valence-electron chi connectivity index (χ0n) is 16.3. The second-order valence-corrected chi connectivity index (χ2v) is 6.55. The van der Waals surface area contributed by atoms with E-state index in [1.807, 2.05) is 24.3 Å². The zero-order valence-corrected chi connectivity index (χ0v) is 16.3. The number of rotatable bonds is 8. The zero-order chi connectivity index (χ0) is 20.8. The fourth-order valence-electron chi connectivity index (χ4n) is 2.92. The molecule has 1 amide bonds. The van der Waals surface area contributed by atoms with Crippen LogP contribution in [0.1, 0.15) is 41.4 Å². The number of fused-ring (bicyclic) bond motifs is 1. The highest BCUT2D eigenvalue weighted by Crippen LogP contribution is 2.29. The normalized spacial score (nSPS) is 11.1. The molecule has 0 aliphatic rings. The van der Waals surface area contributed by atoms with Gasteiger partial charge in [0, 0.05) is 11.5 Å². The maximum Gasteiger partial charge on any atom is 0.293 e. The van der Waals surface area contributed by atoms with E-state index in [1.165, 1.54) is 12.3 Å². The van der Waals surface area contributed by atoms with E-state index in [-0.39, 0.29) is 11.4 Å². The Labute approximate surface area is 167 Å². The van der Waals surface area contributed by atoms with Crippen LogP contribution in [0.15, 0.2) is 47.6 Å². The molecule has 1 heterocycles. The van der Waals surface area contributed by atoms with E-state index in [4.69, 9.17) is 4.74 Å². The number of hydrazone groups is 1. The molecule has 1 aromatic heterocycles. The summed E-state index contributed by atoms with van der Waals surface area (Å²) in [5, 5.41) is 15.8. The molecule has 29 heavy (non-hydrogen) atoms. The quantitative estimate of drug-likeness (QED) is 0.256. The summed E-state index contributed by atoms with van der Waals surface area (Å²) in [6.07, 6.45) is 3.60. The van der Waals surface area contributed by atoms with Gasteiger partial charge in [-0.15, -0.1) is 0 Å². The first-order valence-corrected chi connectivity index (χ1v) is 9.33. The number of nitrogens with one attached hydrogen (secondary N) is 2. The number of aryl methyl sites for hydroxylation is 1. The summed E-state index contributed by atoms with van der Waals surface area (Å²) >= 11 is 0. The number of aromatic amines is 1. The molecular weight excluding hydrogens is 372 g/mol. The highest BCUT2D eigenvalue weighted by Gasteiger charge is 2.20. The fraction of sp³-hybridized carbons (Fsp3) is 0.238. The average molecular weight is 394 g/mol. The van der Waals surface area contributed by atoms with Crippen LogP contribution in [0.25, 0.3) is 10.9 Å². The first kappa shape index (κ1) is 20.1. The lowest BCUT2D eigenvalue weighted by molar-refractivity contribution is -0.383. The number of non-ortho nitro benzene ring substituents is 1. The third kappa shape index (κ3) is 4.60. The summed E-state index contributed by atoms with van der Waals surface area (Å²) in [6, 6.07) is 12.1. The second kappa shape index (κ2) is 9.01. The molecule has 0 saturated carbocycles. The Morgan fingerprint density at radius 3 is 2.72 bits per heavy atom. The Balaban J connectivity index is 1.68. The van der Waals surface area contributed by atoms with E-state index in [1.54, 1.807) is 19.1 Å². The fourth-order valence-corrected chi connectivity index (χ4v) is 2.92. The van der Waals surface area contributed by atoms with Gasteiger partial charge in [0.15, 0.2) is 0 Å². The van der Waals surface area contributed by atoms with Gasteiger partial charge in [0.05, 0.1) is 17.7 Å². The molecule has 0 bridgehead atoms. The van der Waals surface area contributed by atoms with E-state index in [0.717, 1.165) is 24.2 Å². The molecule has 0 spiro atoms. The lowest BCUT2D eigenvalue weighted by Crippen LogP contribution is -2.19. The topological polar surface area (TPSA) is 110 Å². The summed E-state index contributed by atoms with van der Waals surface area (Å²) in [6.45, 7) is 4.52. The number of ether oxygens (including phenoxy) is 1. The summed E-state index contributed by atoms with van der Waals surface area (Å²) in [5.74, 6) is 0.318. The molecule has 0 fully saturated rings. The maximum atomic E-state index is 12.5. The number of hydrogen-bond donors (Lipinski definition) is 2. The van der Waals surface area contributed by atoms with E-state index in [2.05, 4.69) is 22.4 Å². The molecule has 2 N–H and O–H groups in total. The van der Waals surface area contributed by atoms with Crippen molar-refractivity contribution in [2.45, 2.75) is 26.7 Å². The largest absolute Gasteiger partial charge is 0.494 e. The van der Waals surface area contributed by atoms with Crippen LogP contribution in [0, 0.1) is 17.0 Å². The van der Waals surface area contributed by atoms with Crippen LogP contribution in [-0.4, -0.2) is 28.6 Å². The number of carbonyl (C=O) groups is 1. The summed E-state index contributed by atoms with van der Waals surface area (Å²) in [5.41, 5.74) is 4.37. The Morgan fingerprint density at radius 2 is 2.03 bits per heavy atom. The third-order valence-corrected chi connectivity index (χ3v) is 4.52. The number of hydrogen-bond acceptors (Lipinski definition) is 5. The van der Waals surface area contributed by atoms with Gasteiger partial charge in [0.25, 0.3) is 11.6 Å². The smallest absolute Gasteiger partial charge is 0.293 e. The van der Waals surface area contributed by atoms with Crippen molar-refractivity contribution < 1.29 is 14.5 Å². The molecule has 0 atom stereocenters. The molecule has 8 heteroatoms. The number of amides is 1. The number of nitro groups is 1. The van der Waals surface area contributed by atoms with E-state index in [0.29, 0.717) is 23.1 Å². The third-order valence-electron chi connectivity index (χ3n) is 4.52. The van der Waals surface area contributed by atoms with Crippen LogP contribution in [0.3, 0.4) is 0 Å². The van der Waals surface area contributed by atoms with Crippen molar-refractivity contribution in [1.82, 2.24) is 10.4 Å². The van der Waals surface area contributed by atoms with Crippen LogP contribution in [0.2, 0.25) is 0 Å².